The Morgan fingerprint density at radius 1 is 1.20 bits per heavy atom. The lowest BCUT2D eigenvalue weighted by Crippen LogP contribution is -2.47. The smallest absolute Gasteiger partial charge is 0.328 e. The number of carbonyl (C=O) groups is 2. The van der Waals surface area contributed by atoms with E-state index in [2.05, 4.69) is 10.1 Å². The van der Waals surface area contributed by atoms with E-state index in [1.54, 1.807) is 6.07 Å². The minimum Gasteiger partial charge on any atom is -0.478 e. The van der Waals surface area contributed by atoms with Crippen LogP contribution < -0.4 is 0 Å². The van der Waals surface area contributed by atoms with Gasteiger partial charge in [-0.25, -0.2) is 14.0 Å². The van der Waals surface area contributed by atoms with Crippen LogP contribution in [0.15, 0.2) is 34.9 Å². The Kier molecular flexibility index (Phi) is 7.69. The van der Waals surface area contributed by atoms with E-state index in [0.717, 1.165) is 37.0 Å². The maximum atomic E-state index is 13.2. The first-order valence-corrected chi connectivity index (χ1v) is 9.60. The van der Waals surface area contributed by atoms with Gasteiger partial charge in [0.15, 0.2) is 5.58 Å². The number of aliphatic hydroxyl groups is 1. The monoisotopic (exact) mass is 422 g/mol. The van der Waals surface area contributed by atoms with E-state index >= 15 is 0 Å². The molecule has 0 spiro atoms. The van der Waals surface area contributed by atoms with Crippen LogP contribution in [0.5, 0.6) is 0 Å². The molecule has 0 radical (unpaired) electrons. The number of likely N-dealkylation sites (tertiary alicyclic amines) is 1. The van der Waals surface area contributed by atoms with Gasteiger partial charge >= 0.3 is 11.9 Å². The lowest BCUT2D eigenvalue weighted by Gasteiger charge is -2.40. The van der Waals surface area contributed by atoms with E-state index in [9.17, 15) is 19.1 Å². The molecule has 0 amide bonds. The van der Waals surface area contributed by atoms with Gasteiger partial charge in [0, 0.05) is 48.0 Å². The van der Waals surface area contributed by atoms with Crippen LogP contribution in [-0.2, 0) is 9.59 Å². The zero-order valence-corrected chi connectivity index (χ0v) is 17.2. The predicted octanol–water partition coefficient (Wildman–Crippen LogP) is 3.22. The topological polar surface area (TPSA) is 124 Å². The molecule has 0 saturated carbocycles. The Balaban J connectivity index is 0.000000343. The summed E-state index contributed by atoms with van der Waals surface area (Å²) in [4.78, 5) is 21.2. The maximum Gasteiger partial charge on any atom is 0.328 e. The molecule has 1 aliphatic rings. The van der Waals surface area contributed by atoms with Crippen molar-refractivity contribution in [2.75, 3.05) is 13.1 Å². The molecule has 164 valence electrons. The van der Waals surface area contributed by atoms with E-state index < -0.39 is 18.2 Å². The number of aliphatic carboxylic acids is 2. The van der Waals surface area contributed by atoms with Crippen LogP contribution in [0.1, 0.15) is 45.2 Å². The fraction of sp³-hybridized carbons (Fsp3) is 0.476. The lowest BCUT2D eigenvalue weighted by molar-refractivity contribution is -0.134. The highest BCUT2D eigenvalue weighted by Gasteiger charge is 2.32. The van der Waals surface area contributed by atoms with E-state index in [4.69, 9.17) is 14.7 Å². The van der Waals surface area contributed by atoms with Crippen LogP contribution in [0.25, 0.3) is 11.0 Å². The Hall–Kier alpha value is -2.78. The average Bonchev–Trinajstić information content (AvgIpc) is 3.08. The second-order valence-electron chi connectivity index (χ2n) is 8.27. The molecule has 1 aliphatic heterocycles. The average molecular weight is 422 g/mol. The minimum atomic E-state index is -1.26. The zero-order valence-electron chi connectivity index (χ0n) is 17.2. The van der Waals surface area contributed by atoms with E-state index in [1.165, 1.54) is 12.1 Å². The summed E-state index contributed by atoms with van der Waals surface area (Å²) in [6.45, 7) is 7.80. The number of piperidine rings is 1. The number of rotatable bonds is 4. The molecule has 3 N–H and O–H groups in total. The van der Waals surface area contributed by atoms with Crippen molar-refractivity contribution < 1.29 is 33.8 Å². The number of carboxylic acids is 2. The van der Waals surface area contributed by atoms with Crippen molar-refractivity contribution in [3.63, 3.8) is 0 Å². The quantitative estimate of drug-likeness (QED) is 0.642. The van der Waals surface area contributed by atoms with Crippen LogP contribution in [0.3, 0.4) is 0 Å². The molecule has 1 unspecified atom stereocenters. The molecular formula is C21H27FN2O6. The summed E-state index contributed by atoms with van der Waals surface area (Å²) in [6.07, 6.45) is 2.53. The van der Waals surface area contributed by atoms with Crippen molar-refractivity contribution in [3.05, 3.63) is 41.9 Å². The van der Waals surface area contributed by atoms with Gasteiger partial charge in [0.2, 0.25) is 0 Å². The first kappa shape index (κ1) is 23.5. The predicted molar refractivity (Wildman–Crippen MR) is 107 cm³/mol. The fourth-order valence-electron chi connectivity index (χ4n) is 3.33. The Bertz CT molecular complexity index is 894. The number of nitrogens with zero attached hydrogens (tertiary/aromatic N) is 2. The fourth-order valence-corrected chi connectivity index (χ4v) is 3.33. The first-order valence-electron chi connectivity index (χ1n) is 9.60. The Morgan fingerprint density at radius 2 is 1.77 bits per heavy atom. The van der Waals surface area contributed by atoms with E-state index in [0.29, 0.717) is 23.7 Å². The number of halogens is 1. The van der Waals surface area contributed by atoms with Gasteiger partial charge in [0.1, 0.15) is 12.0 Å². The van der Waals surface area contributed by atoms with E-state index in [1.807, 2.05) is 20.8 Å². The standard InChI is InChI=1S/C17H23FN2O2.C4H4O4/c1-17(2,3)16(21)20-8-6-11(7-9-20)15-13-5-4-12(18)10-14(13)22-19-15;5-3(6)1-2-4(7)8/h4-5,10-11,16,21H,6-9H2,1-3H3;1-2H,(H,5,6)(H,7,8). The molecule has 2 heterocycles. The number of benzene rings is 1. The van der Waals surface area contributed by atoms with Crippen molar-refractivity contribution in [3.8, 4) is 0 Å². The number of fused-ring (bicyclic) bond motifs is 1. The molecule has 1 aromatic heterocycles. The summed E-state index contributed by atoms with van der Waals surface area (Å²) in [5.74, 6) is -2.52. The van der Waals surface area contributed by atoms with Crippen LogP contribution in [-0.4, -0.2) is 56.6 Å². The Labute approximate surface area is 173 Å². The van der Waals surface area contributed by atoms with Crippen molar-refractivity contribution in [2.24, 2.45) is 5.41 Å². The first-order chi connectivity index (χ1) is 14.0. The van der Waals surface area contributed by atoms with E-state index in [-0.39, 0.29) is 11.2 Å². The van der Waals surface area contributed by atoms with Gasteiger partial charge in [-0.15, -0.1) is 0 Å². The van der Waals surface area contributed by atoms with Gasteiger partial charge in [-0.05, 0) is 25.0 Å². The molecule has 1 atom stereocenters. The third-order valence-corrected chi connectivity index (χ3v) is 4.87. The van der Waals surface area contributed by atoms with Gasteiger partial charge in [-0.1, -0.05) is 25.9 Å². The molecule has 1 fully saturated rings. The molecule has 1 saturated heterocycles. The highest BCUT2D eigenvalue weighted by Crippen LogP contribution is 2.34. The normalized spacial score (nSPS) is 17.0. The number of aliphatic hydroxyl groups excluding tert-OH is 1. The highest BCUT2D eigenvalue weighted by atomic mass is 19.1. The molecule has 30 heavy (non-hydrogen) atoms. The summed E-state index contributed by atoms with van der Waals surface area (Å²) in [5, 5.41) is 31.1. The van der Waals surface area contributed by atoms with Gasteiger partial charge in [0.05, 0.1) is 5.69 Å². The molecule has 0 aliphatic carbocycles. The summed E-state index contributed by atoms with van der Waals surface area (Å²) in [6, 6.07) is 4.57. The second-order valence-corrected chi connectivity index (χ2v) is 8.27. The highest BCUT2D eigenvalue weighted by molar-refractivity contribution is 5.89. The molecule has 0 bridgehead atoms. The minimum absolute atomic E-state index is 0.148. The molecule has 9 heteroatoms. The van der Waals surface area contributed by atoms with Gasteiger partial charge in [-0.3, -0.25) is 4.90 Å². The second kappa shape index (κ2) is 9.82. The molecule has 2 aromatic rings. The summed E-state index contributed by atoms with van der Waals surface area (Å²) < 4.78 is 18.5. The largest absolute Gasteiger partial charge is 0.478 e. The SMILES string of the molecule is CC(C)(C)C(O)N1CCC(c2noc3cc(F)ccc23)CC1.O=C(O)C=CC(=O)O. The van der Waals surface area contributed by atoms with Crippen molar-refractivity contribution in [1.29, 1.82) is 0 Å². The molecule has 1 aromatic carbocycles. The van der Waals surface area contributed by atoms with Crippen LogP contribution >= 0.6 is 0 Å². The summed E-state index contributed by atoms with van der Waals surface area (Å²) >= 11 is 0. The zero-order chi connectivity index (χ0) is 22.5. The van der Waals surface area contributed by atoms with Crippen molar-refractivity contribution in [2.45, 2.75) is 45.8 Å². The van der Waals surface area contributed by atoms with Gasteiger partial charge < -0.3 is 19.8 Å². The maximum absolute atomic E-state index is 13.2. The summed E-state index contributed by atoms with van der Waals surface area (Å²) in [7, 11) is 0. The van der Waals surface area contributed by atoms with Crippen molar-refractivity contribution in [1.82, 2.24) is 10.1 Å². The van der Waals surface area contributed by atoms with Gasteiger partial charge in [-0.2, -0.15) is 0 Å². The van der Waals surface area contributed by atoms with Crippen LogP contribution in [0.2, 0.25) is 0 Å². The number of carboxylic acid groups (broad SMARTS) is 2. The molecule has 8 nitrogen and oxygen atoms in total. The molecular weight excluding hydrogens is 395 g/mol. The summed E-state index contributed by atoms with van der Waals surface area (Å²) in [5.41, 5.74) is 1.28. The van der Waals surface area contributed by atoms with Crippen molar-refractivity contribution >= 4 is 22.9 Å². The number of aromatic nitrogens is 1. The number of hydrogen-bond donors (Lipinski definition) is 3. The van der Waals surface area contributed by atoms with Crippen LogP contribution in [0.4, 0.5) is 4.39 Å². The van der Waals surface area contributed by atoms with Gasteiger partial charge in [0.25, 0.3) is 0 Å². The Morgan fingerprint density at radius 3 is 2.27 bits per heavy atom. The third-order valence-electron chi connectivity index (χ3n) is 4.87. The number of hydrogen-bond acceptors (Lipinski definition) is 6. The van der Waals surface area contributed by atoms with Crippen LogP contribution in [0, 0.1) is 11.2 Å². The third kappa shape index (κ3) is 6.36. The molecule has 3 rings (SSSR count). The lowest BCUT2D eigenvalue weighted by atomic mass is 9.88.